The summed E-state index contributed by atoms with van der Waals surface area (Å²) in [5.74, 6) is 0.919. The zero-order chi connectivity index (χ0) is 8.81. The molecule has 12 heavy (non-hydrogen) atoms. The molecule has 1 aliphatic rings. The number of unbranched alkanes of at least 4 members (excludes halogenated alkanes) is 1. The minimum absolute atomic E-state index is 0.919. The van der Waals surface area contributed by atoms with Crippen LogP contribution in [-0.2, 0) is 0 Å². The van der Waals surface area contributed by atoms with Crippen molar-refractivity contribution >= 4 is 0 Å². The molecule has 0 spiro atoms. The molecular weight excluding hydrogens is 146 g/mol. The van der Waals surface area contributed by atoms with Gasteiger partial charge in [-0.1, -0.05) is 26.7 Å². The molecule has 0 amide bonds. The molecule has 1 heteroatoms. The van der Waals surface area contributed by atoms with Crippen LogP contribution in [0, 0.1) is 5.92 Å². The molecule has 0 aromatic rings. The fraction of sp³-hybridized carbons (Fsp3) is 1.00. The van der Waals surface area contributed by atoms with Gasteiger partial charge in [0.05, 0.1) is 0 Å². The third kappa shape index (κ3) is 3.57. The molecule has 1 fully saturated rings. The summed E-state index contributed by atoms with van der Waals surface area (Å²) in [4.78, 5) is 2.63. The molecule has 1 rings (SSSR count). The Morgan fingerprint density at radius 2 is 1.92 bits per heavy atom. The Balaban J connectivity index is 2.03. The van der Waals surface area contributed by atoms with Crippen molar-refractivity contribution in [2.75, 3.05) is 19.6 Å². The van der Waals surface area contributed by atoms with E-state index in [1.807, 2.05) is 0 Å². The molecule has 72 valence electrons. The summed E-state index contributed by atoms with van der Waals surface area (Å²) in [5, 5.41) is 0. The van der Waals surface area contributed by atoms with Gasteiger partial charge in [-0.05, 0) is 38.3 Å². The van der Waals surface area contributed by atoms with Crippen LogP contribution in [0.2, 0.25) is 0 Å². The van der Waals surface area contributed by atoms with Gasteiger partial charge in [-0.15, -0.1) is 0 Å². The molecule has 0 aliphatic carbocycles. The van der Waals surface area contributed by atoms with Crippen molar-refractivity contribution in [2.45, 2.75) is 46.0 Å². The van der Waals surface area contributed by atoms with Crippen molar-refractivity contribution < 1.29 is 0 Å². The molecule has 1 aliphatic heterocycles. The second-order valence-electron chi connectivity index (χ2n) is 4.26. The first-order valence-corrected chi connectivity index (χ1v) is 5.55. The van der Waals surface area contributed by atoms with Gasteiger partial charge in [0.1, 0.15) is 0 Å². The Kier molecular flexibility index (Phi) is 4.67. The minimum atomic E-state index is 0.919. The maximum atomic E-state index is 2.63. The van der Waals surface area contributed by atoms with Crippen molar-refractivity contribution in [3.05, 3.63) is 0 Å². The molecule has 1 nitrogen and oxygen atoms in total. The Morgan fingerprint density at radius 1 is 1.25 bits per heavy atom. The van der Waals surface area contributed by atoms with E-state index >= 15 is 0 Å². The van der Waals surface area contributed by atoms with Crippen LogP contribution in [0.4, 0.5) is 0 Å². The second kappa shape index (κ2) is 5.58. The van der Waals surface area contributed by atoms with Crippen molar-refractivity contribution in [1.29, 1.82) is 0 Å². The standard InChI is InChI=1S/C11H23N/c1-3-4-7-11(2)10-12-8-5-6-9-12/h11H,3-10H2,1-2H3. The van der Waals surface area contributed by atoms with Gasteiger partial charge >= 0.3 is 0 Å². The second-order valence-corrected chi connectivity index (χ2v) is 4.26. The SMILES string of the molecule is CCCCC(C)CN1CCCC1. The van der Waals surface area contributed by atoms with Gasteiger partial charge < -0.3 is 4.90 Å². The molecular formula is C11H23N. The van der Waals surface area contributed by atoms with E-state index in [1.54, 1.807) is 0 Å². The van der Waals surface area contributed by atoms with E-state index in [0.29, 0.717) is 0 Å². The molecule has 0 bridgehead atoms. The number of nitrogens with zero attached hydrogens (tertiary/aromatic N) is 1. The van der Waals surface area contributed by atoms with Gasteiger partial charge in [-0.3, -0.25) is 0 Å². The predicted octanol–water partition coefficient (Wildman–Crippen LogP) is 2.91. The first kappa shape index (κ1) is 10.0. The van der Waals surface area contributed by atoms with Crippen molar-refractivity contribution in [1.82, 2.24) is 4.90 Å². The lowest BCUT2D eigenvalue weighted by Gasteiger charge is -2.19. The highest BCUT2D eigenvalue weighted by Gasteiger charge is 2.13. The molecule has 0 aromatic heterocycles. The van der Waals surface area contributed by atoms with Crippen LogP contribution < -0.4 is 0 Å². The summed E-state index contributed by atoms with van der Waals surface area (Å²) in [7, 11) is 0. The maximum Gasteiger partial charge on any atom is 0.000702 e. The van der Waals surface area contributed by atoms with Crippen molar-refractivity contribution in [3.63, 3.8) is 0 Å². The Labute approximate surface area is 77.1 Å². The minimum Gasteiger partial charge on any atom is -0.303 e. The highest BCUT2D eigenvalue weighted by Crippen LogP contribution is 2.13. The largest absolute Gasteiger partial charge is 0.303 e. The predicted molar refractivity (Wildman–Crippen MR) is 54.4 cm³/mol. The van der Waals surface area contributed by atoms with Crippen molar-refractivity contribution in [3.8, 4) is 0 Å². The number of hydrogen-bond donors (Lipinski definition) is 0. The molecule has 1 heterocycles. The van der Waals surface area contributed by atoms with E-state index < -0.39 is 0 Å². The first-order valence-electron chi connectivity index (χ1n) is 5.55. The van der Waals surface area contributed by atoms with Gasteiger partial charge in [0.25, 0.3) is 0 Å². The molecule has 0 aromatic carbocycles. The average Bonchev–Trinajstić information content (AvgIpc) is 2.53. The lowest BCUT2D eigenvalue weighted by molar-refractivity contribution is 0.277. The van der Waals surface area contributed by atoms with Gasteiger partial charge in [0, 0.05) is 6.54 Å². The molecule has 1 atom stereocenters. The highest BCUT2D eigenvalue weighted by atomic mass is 15.1. The van der Waals surface area contributed by atoms with Crippen LogP contribution in [0.3, 0.4) is 0 Å². The smallest absolute Gasteiger partial charge is 0.000702 e. The maximum absolute atomic E-state index is 2.63. The van der Waals surface area contributed by atoms with E-state index in [2.05, 4.69) is 18.7 Å². The third-order valence-electron chi connectivity index (χ3n) is 2.82. The van der Waals surface area contributed by atoms with E-state index in [1.165, 1.54) is 51.7 Å². The van der Waals surface area contributed by atoms with Crippen LogP contribution in [0.1, 0.15) is 46.0 Å². The van der Waals surface area contributed by atoms with Crippen LogP contribution in [0.15, 0.2) is 0 Å². The lowest BCUT2D eigenvalue weighted by atomic mass is 10.0. The van der Waals surface area contributed by atoms with E-state index in [-0.39, 0.29) is 0 Å². The van der Waals surface area contributed by atoms with Crippen LogP contribution in [-0.4, -0.2) is 24.5 Å². The number of likely N-dealkylation sites (tertiary alicyclic amines) is 1. The zero-order valence-corrected chi connectivity index (χ0v) is 8.68. The van der Waals surface area contributed by atoms with Gasteiger partial charge in [-0.25, -0.2) is 0 Å². The molecule has 0 N–H and O–H groups in total. The summed E-state index contributed by atoms with van der Waals surface area (Å²) < 4.78 is 0. The normalized spacial score (nSPS) is 21.5. The Bertz CT molecular complexity index is 106. The lowest BCUT2D eigenvalue weighted by Crippen LogP contribution is -2.25. The molecule has 0 saturated carbocycles. The average molecular weight is 169 g/mol. The summed E-state index contributed by atoms with van der Waals surface area (Å²) in [5.41, 5.74) is 0. The Morgan fingerprint density at radius 3 is 2.50 bits per heavy atom. The van der Waals surface area contributed by atoms with E-state index in [0.717, 1.165) is 5.92 Å². The molecule has 0 radical (unpaired) electrons. The Hall–Kier alpha value is -0.0400. The highest BCUT2D eigenvalue weighted by molar-refractivity contribution is 4.68. The fourth-order valence-corrected chi connectivity index (χ4v) is 2.05. The monoisotopic (exact) mass is 169 g/mol. The third-order valence-corrected chi connectivity index (χ3v) is 2.82. The summed E-state index contributed by atoms with van der Waals surface area (Å²) >= 11 is 0. The van der Waals surface area contributed by atoms with Crippen LogP contribution >= 0.6 is 0 Å². The quantitative estimate of drug-likeness (QED) is 0.611. The molecule has 1 saturated heterocycles. The first-order chi connectivity index (χ1) is 5.83. The van der Waals surface area contributed by atoms with Crippen LogP contribution in [0.25, 0.3) is 0 Å². The summed E-state index contributed by atoms with van der Waals surface area (Å²) in [6, 6.07) is 0. The summed E-state index contributed by atoms with van der Waals surface area (Å²) in [6.45, 7) is 8.74. The van der Waals surface area contributed by atoms with E-state index in [9.17, 15) is 0 Å². The van der Waals surface area contributed by atoms with Gasteiger partial charge in [-0.2, -0.15) is 0 Å². The zero-order valence-electron chi connectivity index (χ0n) is 8.68. The van der Waals surface area contributed by atoms with E-state index in [4.69, 9.17) is 0 Å². The summed E-state index contributed by atoms with van der Waals surface area (Å²) in [6.07, 6.45) is 7.05. The van der Waals surface area contributed by atoms with Gasteiger partial charge in [0.2, 0.25) is 0 Å². The topological polar surface area (TPSA) is 3.24 Å². The molecule has 1 unspecified atom stereocenters. The van der Waals surface area contributed by atoms with Gasteiger partial charge in [0.15, 0.2) is 0 Å². The number of hydrogen-bond acceptors (Lipinski definition) is 1. The van der Waals surface area contributed by atoms with Crippen molar-refractivity contribution in [2.24, 2.45) is 5.92 Å². The number of rotatable bonds is 5. The fourth-order valence-electron chi connectivity index (χ4n) is 2.05. The van der Waals surface area contributed by atoms with Crippen LogP contribution in [0.5, 0.6) is 0 Å².